The molecule has 1 saturated heterocycles. The van der Waals surface area contributed by atoms with Crippen LogP contribution in [-0.2, 0) is 0 Å². The van der Waals surface area contributed by atoms with Crippen molar-refractivity contribution in [2.24, 2.45) is 0 Å². The minimum Gasteiger partial charge on any atom is -0.313 e. The largest absolute Gasteiger partial charge is 0.313 e. The molecular formula is C26H29N3O. The Morgan fingerprint density at radius 1 is 1.07 bits per heavy atom. The highest BCUT2D eigenvalue weighted by atomic mass is 16.1. The standard InChI is InChI=1S/C26H29N3O/c1-18(2)20-8-13-23-24(16-20)29(22-11-9-21(27-4)10-12-22)19(3)26(23)25(30)17-28-14-6-5-7-15-28/h8-13,16,18H,5-7,14-15,17H2,1-3H3. The summed E-state index contributed by atoms with van der Waals surface area (Å²) in [5.74, 6) is 0.614. The van der Waals surface area contributed by atoms with E-state index in [1.165, 1.54) is 24.8 Å². The molecule has 0 amide bonds. The van der Waals surface area contributed by atoms with Crippen LogP contribution >= 0.6 is 0 Å². The van der Waals surface area contributed by atoms with E-state index in [4.69, 9.17) is 6.57 Å². The third kappa shape index (κ3) is 3.78. The van der Waals surface area contributed by atoms with Crippen LogP contribution in [0.2, 0.25) is 0 Å². The zero-order valence-electron chi connectivity index (χ0n) is 18.1. The van der Waals surface area contributed by atoms with E-state index in [-0.39, 0.29) is 5.78 Å². The van der Waals surface area contributed by atoms with Crippen molar-refractivity contribution in [2.45, 2.75) is 46.0 Å². The van der Waals surface area contributed by atoms with Crippen molar-refractivity contribution in [3.05, 3.63) is 70.7 Å². The van der Waals surface area contributed by atoms with E-state index in [2.05, 4.69) is 46.4 Å². The highest BCUT2D eigenvalue weighted by molar-refractivity contribution is 6.11. The third-order valence-corrected chi connectivity index (χ3v) is 6.23. The maximum atomic E-state index is 13.4. The molecule has 0 unspecified atom stereocenters. The van der Waals surface area contributed by atoms with Gasteiger partial charge in [-0.25, -0.2) is 4.85 Å². The van der Waals surface area contributed by atoms with E-state index in [1.54, 1.807) is 0 Å². The van der Waals surface area contributed by atoms with Crippen LogP contribution in [0.3, 0.4) is 0 Å². The molecule has 1 aliphatic heterocycles. The quantitative estimate of drug-likeness (QED) is 0.373. The Labute approximate surface area is 178 Å². The summed E-state index contributed by atoms with van der Waals surface area (Å²) < 4.78 is 2.18. The predicted molar refractivity (Wildman–Crippen MR) is 123 cm³/mol. The number of hydrogen-bond donors (Lipinski definition) is 0. The molecule has 1 aromatic heterocycles. The summed E-state index contributed by atoms with van der Waals surface area (Å²) in [5.41, 5.74) is 5.74. The van der Waals surface area contributed by atoms with Gasteiger partial charge in [-0.15, -0.1) is 0 Å². The highest BCUT2D eigenvalue weighted by Gasteiger charge is 2.23. The second-order valence-electron chi connectivity index (χ2n) is 8.62. The lowest BCUT2D eigenvalue weighted by molar-refractivity contribution is 0.0916. The fourth-order valence-electron chi connectivity index (χ4n) is 4.55. The topological polar surface area (TPSA) is 29.6 Å². The van der Waals surface area contributed by atoms with Gasteiger partial charge in [0.1, 0.15) is 0 Å². The van der Waals surface area contributed by atoms with Gasteiger partial charge in [-0.05, 0) is 62.5 Å². The number of hydrogen-bond acceptors (Lipinski definition) is 2. The van der Waals surface area contributed by atoms with Gasteiger partial charge in [-0.1, -0.05) is 44.5 Å². The molecule has 0 aliphatic carbocycles. The highest BCUT2D eigenvalue weighted by Crippen LogP contribution is 2.33. The molecule has 1 aliphatic rings. The first-order chi connectivity index (χ1) is 14.5. The number of piperidine rings is 1. The van der Waals surface area contributed by atoms with Gasteiger partial charge in [-0.2, -0.15) is 0 Å². The monoisotopic (exact) mass is 399 g/mol. The lowest BCUT2D eigenvalue weighted by atomic mass is 9.99. The van der Waals surface area contributed by atoms with Gasteiger partial charge in [0.2, 0.25) is 0 Å². The summed E-state index contributed by atoms with van der Waals surface area (Å²) in [5, 5.41) is 1.02. The normalized spacial score (nSPS) is 14.9. The van der Waals surface area contributed by atoms with Crippen LogP contribution in [0.4, 0.5) is 5.69 Å². The number of rotatable bonds is 5. The molecule has 0 spiro atoms. The second kappa shape index (κ2) is 8.45. The number of carbonyl (C=O) groups is 1. The average molecular weight is 400 g/mol. The van der Waals surface area contributed by atoms with Crippen molar-refractivity contribution in [2.75, 3.05) is 19.6 Å². The van der Waals surface area contributed by atoms with E-state index < -0.39 is 0 Å². The minimum atomic E-state index is 0.202. The van der Waals surface area contributed by atoms with E-state index in [0.717, 1.165) is 40.9 Å². The molecule has 1 fully saturated rings. The van der Waals surface area contributed by atoms with E-state index >= 15 is 0 Å². The Balaban J connectivity index is 1.84. The van der Waals surface area contributed by atoms with Crippen LogP contribution < -0.4 is 0 Å². The van der Waals surface area contributed by atoms with Crippen molar-refractivity contribution in [1.82, 2.24) is 9.47 Å². The lowest BCUT2D eigenvalue weighted by Crippen LogP contribution is -2.34. The number of benzene rings is 2. The molecule has 0 bridgehead atoms. The van der Waals surface area contributed by atoms with Gasteiger partial charge in [0, 0.05) is 22.3 Å². The number of likely N-dealkylation sites (tertiary alicyclic amines) is 1. The molecule has 4 nitrogen and oxygen atoms in total. The van der Waals surface area contributed by atoms with Crippen molar-refractivity contribution in [3.63, 3.8) is 0 Å². The van der Waals surface area contributed by atoms with Crippen molar-refractivity contribution in [1.29, 1.82) is 0 Å². The molecule has 4 heteroatoms. The first-order valence-corrected chi connectivity index (χ1v) is 10.9. The maximum Gasteiger partial charge on any atom is 0.187 e. The number of carbonyl (C=O) groups excluding carboxylic acids is 1. The van der Waals surface area contributed by atoms with Gasteiger partial charge < -0.3 is 4.57 Å². The smallest absolute Gasteiger partial charge is 0.187 e. The Morgan fingerprint density at radius 2 is 1.77 bits per heavy atom. The summed E-state index contributed by atoms with van der Waals surface area (Å²) in [6, 6.07) is 14.1. The molecule has 0 N–H and O–H groups in total. The first-order valence-electron chi connectivity index (χ1n) is 10.9. The Bertz CT molecular complexity index is 1110. The number of Topliss-reactive ketones (excluding diaryl/α,β-unsaturated/α-hetero) is 1. The third-order valence-electron chi connectivity index (χ3n) is 6.23. The first kappa shape index (κ1) is 20.4. The van der Waals surface area contributed by atoms with Crippen LogP contribution in [0.1, 0.15) is 60.6 Å². The molecule has 154 valence electrons. The molecule has 0 saturated carbocycles. The van der Waals surface area contributed by atoms with E-state index in [1.807, 2.05) is 31.2 Å². The number of fused-ring (bicyclic) bond motifs is 1. The fraction of sp³-hybridized carbons (Fsp3) is 0.385. The van der Waals surface area contributed by atoms with Crippen LogP contribution in [0, 0.1) is 13.5 Å². The molecular weight excluding hydrogens is 370 g/mol. The van der Waals surface area contributed by atoms with E-state index in [0.29, 0.717) is 18.2 Å². The number of aromatic nitrogens is 1. The SMILES string of the molecule is [C-]#[N+]c1ccc(-n2c(C)c(C(=O)CN3CCCCC3)c3ccc(C(C)C)cc32)cc1. The Hall–Kier alpha value is -2.90. The van der Waals surface area contributed by atoms with Gasteiger partial charge in [0.15, 0.2) is 11.5 Å². The number of ketones is 1. The van der Waals surface area contributed by atoms with Crippen LogP contribution in [0.25, 0.3) is 21.4 Å². The summed E-state index contributed by atoms with van der Waals surface area (Å²) in [6.45, 7) is 16.2. The van der Waals surface area contributed by atoms with Gasteiger partial charge in [0.25, 0.3) is 0 Å². The molecule has 4 rings (SSSR count). The molecule has 30 heavy (non-hydrogen) atoms. The zero-order valence-corrected chi connectivity index (χ0v) is 18.1. The molecule has 0 radical (unpaired) electrons. The molecule has 2 heterocycles. The Kier molecular flexibility index (Phi) is 5.74. The van der Waals surface area contributed by atoms with Gasteiger partial charge in [-0.3, -0.25) is 9.69 Å². The van der Waals surface area contributed by atoms with Crippen molar-refractivity contribution < 1.29 is 4.79 Å². The maximum absolute atomic E-state index is 13.4. The Morgan fingerprint density at radius 3 is 2.40 bits per heavy atom. The van der Waals surface area contributed by atoms with Crippen molar-refractivity contribution >= 4 is 22.4 Å². The second-order valence-corrected chi connectivity index (χ2v) is 8.62. The van der Waals surface area contributed by atoms with Gasteiger partial charge in [0.05, 0.1) is 18.6 Å². The lowest BCUT2D eigenvalue weighted by Gasteiger charge is -2.25. The summed E-state index contributed by atoms with van der Waals surface area (Å²) in [6.07, 6.45) is 3.62. The van der Waals surface area contributed by atoms with Crippen LogP contribution in [0.5, 0.6) is 0 Å². The average Bonchev–Trinajstić information content (AvgIpc) is 3.05. The van der Waals surface area contributed by atoms with E-state index in [9.17, 15) is 4.79 Å². The minimum absolute atomic E-state index is 0.202. The molecule has 3 aromatic rings. The predicted octanol–water partition coefficient (Wildman–Crippen LogP) is 6.28. The van der Waals surface area contributed by atoms with Crippen LogP contribution in [-0.4, -0.2) is 34.9 Å². The zero-order chi connectivity index (χ0) is 21.3. The fourth-order valence-corrected chi connectivity index (χ4v) is 4.55. The summed E-state index contributed by atoms with van der Waals surface area (Å²) in [7, 11) is 0. The van der Waals surface area contributed by atoms with Gasteiger partial charge >= 0.3 is 0 Å². The van der Waals surface area contributed by atoms with Crippen molar-refractivity contribution in [3.8, 4) is 5.69 Å². The van der Waals surface area contributed by atoms with Crippen LogP contribution in [0.15, 0.2) is 42.5 Å². The summed E-state index contributed by atoms with van der Waals surface area (Å²) >= 11 is 0. The molecule has 0 atom stereocenters. The number of nitrogens with zero attached hydrogens (tertiary/aromatic N) is 3. The molecule has 2 aromatic carbocycles. The summed E-state index contributed by atoms with van der Waals surface area (Å²) in [4.78, 5) is 19.2.